The molecule has 0 aliphatic carbocycles. The number of hydrogen-bond acceptors (Lipinski definition) is 52. The number of nitrogens with one attached hydrogen (secondary N) is 2. The third-order valence-corrected chi connectivity index (χ3v) is 23.1. The summed E-state index contributed by atoms with van der Waals surface area (Å²) in [6, 6.07) is 8.03. The van der Waals surface area contributed by atoms with Crippen molar-refractivity contribution in [3.8, 4) is 0 Å². The fourth-order valence-electron chi connectivity index (χ4n) is 10.6. The van der Waals surface area contributed by atoms with Crippen LogP contribution in [0.5, 0.6) is 0 Å². The average molecular weight is 2440 g/mol. The maximum atomic E-state index is 13.2. The Balaban J connectivity index is -0.00000167. The number of rotatable bonds is 46. The van der Waals surface area contributed by atoms with Crippen molar-refractivity contribution < 1.29 is 692 Å². The van der Waals surface area contributed by atoms with Crippen molar-refractivity contribution in [1.82, 2.24) is 0 Å². The molecule has 2 amide bonds. The standard InChI is InChI=1S/C41H58N2O64S16.14Na/c44-24(42-16-4-8-18(9-5-16)108-40-36(106-122(82,83)84)30(100-116(64,65)66)26(20(94-40)12-88-110(46,47)48)96-38-34(104-120(76,77)78)32(102-118(70,71)72)28(98-114(58,59)60)22(92-38)14-90-112(52,53)54)2-1-3-25(45)43-17-6-10-19(11-7-17)109-41-37(107-123(85,86)87)31(101-117(67,68)69)27(21(95-41)13-89-111(49,50)51)97-39-35(105-121(79,80)81)33(103-119(73,74)75)29(99-115(61,62)63)23(93-39)15-91-113(55,56)57;;;;;;;;;;;;;;/h4-11,20-23,26-41H,1-3,12-15H2,(H,42,44)(H,43,45)(H,46,47,48)(H,49,50,51)(H,52,53,54)(H,55,56,57)(H,58,59,60)(H,61,62,63)(H,64,65,66)(H,67,68,69)(H,70,71,72)(H,73,74,75)(H,76,77,78)(H,79,80,81)(H,82,83,84)(H,85,86,87);;;;;;;;;;;;;;/q;14*+1/t20-,21-,22-,23-,26-,27-,28-,29-,30+,31+,32+,33+,34-,35-,36-,37-,38+,39+,40+,41+;;;;;;;;;;;;;;/m1............../s1. The smallest absolute Gasteiger partial charge is 0.356 e. The number of carbonyl (C=O) groups excluding carboxylic acids is 2. The minimum Gasteiger partial charge on any atom is -0.356 e. The third kappa shape index (κ3) is 66.1. The first-order valence-corrected chi connectivity index (χ1v) is 51.4. The number of thioether (sulfide) groups is 2. The van der Waals surface area contributed by atoms with E-state index >= 15 is 0 Å². The zero-order valence-corrected chi connectivity index (χ0v) is 113. The topological polar surface area (TPSA) is 1000 Å². The van der Waals surface area contributed by atoms with E-state index in [2.05, 4.69) is 69.2 Å². The van der Waals surface area contributed by atoms with Gasteiger partial charge in [0.15, 0.2) is 24.8 Å². The Bertz CT molecular complexity index is 5500. The Labute approximate surface area is 1100 Å². The largest absolute Gasteiger partial charge is 1.00 e. The monoisotopic (exact) mass is 2440 g/mol. The second-order valence-corrected chi connectivity index (χ2v) is 40.5. The van der Waals surface area contributed by atoms with E-state index in [4.69, 9.17) is 28.4 Å². The minimum absolute atomic E-state index is 0. The summed E-state index contributed by atoms with van der Waals surface area (Å²) in [5.41, 5.74) is -5.21. The number of anilines is 2. The summed E-state index contributed by atoms with van der Waals surface area (Å²) in [5.74, 6) is -1.79. The SMILES string of the molecule is O=C(CCCC(=O)Nc1ccc(S[C@@H]2O[C@H](COS(=O)(=O)O)[C@@H](O[C@@H]3O[C@H](COS(=O)(=O)O)[C@@H](OS(=O)(=O)O)[C@H](OS(=O)(=O)O)[C@H]3OS(=O)(=O)O)[C@H](OS(=O)(=O)O)[C@H]2OS(=O)(=O)O)cc1)Nc1ccc(S[C@@H]2O[C@H](COS(=O)(=O)O)[C@@H](O[C@@H]3O[C@H](COS(=O)(=O)O)[C@@H](OS(=O)(=O)O)[C@H](OS(=O)(=O)O)[C@H]3OS(=O)(=O)O)[C@H](OS(=O)(=O)O)[C@H]2OS(=O)(=O)O)cc1.[Na+].[Na+].[Na+].[Na+].[Na+].[Na+].[Na+].[Na+].[Na+].[Na+].[Na+].[Na+].[Na+].[Na+]. The third-order valence-electron chi connectivity index (χ3n) is 14.4. The van der Waals surface area contributed by atoms with E-state index < -0.39 is 318 Å². The van der Waals surface area contributed by atoms with Gasteiger partial charge in [0.2, 0.25) is 11.8 Å². The molecule has 4 fully saturated rings. The van der Waals surface area contributed by atoms with Crippen LogP contribution in [0.3, 0.4) is 0 Å². The van der Waals surface area contributed by atoms with E-state index in [0.717, 1.165) is 48.5 Å². The number of benzene rings is 2. The Morgan fingerprint density at radius 1 is 0.248 bits per heavy atom. The minimum atomic E-state index is -6.29. The second-order valence-electron chi connectivity index (χ2n) is 23.3. The number of hydrogen-bond donors (Lipinski definition) is 16. The van der Waals surface area contributed by atoms with Crippen LogP contribution in [0, 0.1) is 0 Å². The van der Waals surface area contributed by atoms with Crippen molar-refractivity contribution in [2.45, 2.75) is 150 Å². The van der Waals surface area contributed by atoms with E-state index in [9.17, 15) is 191 Å². The van der Waals surface area contributed by atoms with Crippen LogP contribution in [0.25, 0.3) is 0 Å². The van der Waals surface area contributed by atoms with Gasteiger partial charge in [-0.15, -0.1) is 0 Å². The van der Waals surface area contributed by atoms with Gasteiger partial charge in [-0.25, -0.2) is 58.6 Å². The second kappa shape index (κ2) is 69.0. The van der Waals surface area contributed by atoms with Crippen molar-refractivity contribution in [3.05, 3.63) is 48.5 Å². The van der Waals surface area contributed by atoms with Crippen LogP contribution >= 0.6 is 23.5 Å². The molecule has 0 spiro atoms. The maximum absolute atomic E-state index is 13.2. The van der Waals surface area contributed by atoms with Gasteiger partial charge in [-0.2, -0.15) is 118 Å². The summed E-state index contributed by atoms with van der Waals surface area (Å²) in [7, 11) is -85.4. The predicted octanol–water partition coefficient (Wildman–Crippen LogP) is -49.5. The van der Waals surface area contributed by atoms with E-state index in [0.29, 0.717) is 0 Å². The average Bonchev–Trinajstić information content (AvgIpc) is 0.756. The first-order valence-electron chi connectivity index (χ1n) is 30.5. The molecule has 137 heavy (non-hydrogen) atoms. The molecule has 0 aromatic heterocycles. The summed E-state index contributed by atoms with van der Waals surface area (Å²) < 4.78 is 568. The Morgan fingerprint density at radius 2 is 0.431 bits per heavy atom. The maximum Gasteiger partial charge on any atom is 1.00 e. The molecule has 4 heterocycles. The van der Waals surface area contributed by atoms with E-state index in [-0.39, 0.29) is 465 Å². The summed E-state index contributed by atoms with van der Waals surface area (Å²) in [6.45, 7) is -7.63. The Kier molecular flexibility index (Phi) is 82.8. The molecule has 16 N–H and O–H groups in total. The zero-order chi connectivity index (χ0) is 93.6. The van der Waals surface area contributed by atoms with Gasteiger partial charge in [0.25, 0.3) is 0 Å². The molecule has 712 valence electrons. The van der Waals surface area contributed by atoms with Crippen molar-refractivity contribution >= 4 is 192 Å². The van der Waals surface area contributed by atoms with Crippen LogP contribution in [0.15, 0.2) is 58.3 Å². The van der Waals surface area contributed by atoms with Crippen LogP contribution in [0.1, 0.15) is 19.3 Å². The first kappa shape index (κ1) is 165. The molecular formula is C41H58N2Na14O64S16+14. The molecule has 4 saturated heterocycles. The quantitative estimate of drug-likeness (QED) is 0.0216. The van der Waals surface area contributed by atoms with Crippen LogP contribution in [-0.2, 0) is 242 Å². The predicted molar refractivity (Wildman–Crippen MR) is 374 cm³/mol. The summed E-state index contributed by atoms with van der Waals surface area (Å²) >= 11 is 0.207. The molecule has 6 rings (SSSR count). The molecule has 4 aliphatic rings. The molecule has 66 nitrogen and oxygen atoms in total. The van der Waals surface area contributed by atoms with Gasteiger partial charge < -0.3 is 39.1 Å². The molecule has 96 heteroatoms. The first-order chi connectivity index (χ1) is 55.4. The molecule has 0 bridgehead atoms. The van der Waals surface area contributed by atoms with Crippen molar-refractivity contribution in [1.29, 1.82) is 0 Å². The van der Waals surface area contributed by atoms with Crippen LogP contribution in [-0.4, -0.2) is 341 Å². The van der Waals surface area contributed by atoms with Gasteiger partial charge >= 0.3 is 559 Å². The van der Waals surface area contributed by atoms with Gasteiger partial charge in [-0.1, -0.05) is 23.5 Å². The van der Waals surface area contributed by atoms with E-state index in [1.165, 1.54) is 0 Å². The fourth-order valence-corrected chi connectivity index (χ4v) is 19.1. The normalized spacial score (nSPS) is 25.7. The van der Waals surface area contributed by atoms with Gasteiger partial charge in [-0.3, -0.25) is 73.3 Å². The fraction of sp³-hybridized carbons (Fsp3) is 0.659. The van der Waals surface area contributed by atoms with Gasteiger partial charge in [0.05, 0.1) is 26.4 Å². The van der Waals surface area contributed by atoms with Crippen molar-refractivity contribution in [2.24, 2.45) is 0 Å². The number of ether oxygens (including phenoxy) is 6. The molecule has 0 radical (unpaired) electrons. The molecule has 2 aromatic rings. The molecule has 0 unspecified atom stereocenters. The molecular weight excluding hydrogens is 2380 g/mol. The molecule has 0 saturated carbocycles. The molecule has 20 atom stereocenters. The van der Waals surface area contributed by atoms with Crippen LogP contribution in [0.2, 0.25) is 0 Å². The zero-order valence-electron chi connectivity index (χ0n) is 72.3. The number of amides is 2. The summed E-state index contributed by atoms with van der Waals surface area (Å²) in [6.07, 6.45) is -58.1. The Morgan fingerprint density at radius 3 is 0.635 bits per heavy atom. The molecule has 4 aliphatic heterocycles. The van der Waals surface area contributed by atoms with Gasteiger partial charge in [-0.05, 0) is 55.0 Å². The van der Waals surface area contributed by atoms with Crippen molar-refractivity contribution in [3.63, 3.8) is 0 Å². The van der Waals surface area contributed by atoms with Crippen molar-refractivity contribution in [2.75, 3.05) is 37.1 Å². The van der Waals surface area contributed by atoms with E-state index in [1.54, 1.807) is 0 Å². The van der Waals surface area contributed by atoms with Gasteiger partial charge in [0, 0.05) is 34.0 Å². The molecule has 2 aromatic carbocycles. The van der Waals surface area contributed by atoms with Crippen LogP contribution in [0.4, 0.5) is 11.4 Å². The summed E-state index contributed by atoms with van der Waals surface area (Å²) in [5, 5.41) is 4.71. The summed E-state index contributed by atoms with van der Waals surface area (Å²) in [4.78, 5) is 25.7. The van der Waals surface area contributed by atoms with E-state index in [1.807, 2.05) is 0 Å². The van der Waals surface area contributed by atoms with Crippen LogP contribution < -0.4 is 424 Å². The van der Waals surface area contributed by atoms with Gasteiger partial charge in [0.1, 0.15) is 96.3 Å². The Hall–Kier alpha value is 10.0. The number of carbonyl (C=O) groups is 2.